The number of carbonyl (C=O) groups is 2. The summed E-state index contributed by atoms with van der Waals surface area (Å²) in [6.45, 7) is 2.06. The minimum Gasteiger partial charge on any atom is -0.505 e. The van der Waals surface area contributed by atoms with Gasteiger partial charge in [-0.05, 0) is 49.6 Å². The lowest BCUT2D eigenvalue weighted by molar-refractivity contribution is -0.124. The van der Waals surface area contributed by atoms with E-state index < -0.39 is 35.8 Å². The molecule has 0 aliphatic carbocycles. The van der Waals surface area contributed by atoms with Gasteiger partial charge < -0.3 is 14.6 Å². The fourth-order valence-corrected chi connectivity index (χ4v) is 2.87. The molecule has 0 saturated heterocycles. The number of carbonyl (C=O) groups excluding carboxylic acids is 2. The van der Waals surface area contributed by atoms with E-state index in [-0.39, 0.29) is 0 Å². The highest BCUT2D eigenvalue weighted by Crippen LogP contribution is 2.30. The van der Waals surface area contributed by atoms with Crippen LogP contribution in [0.15, 0.2) is 60.7 Å². The molecule has 166 valence electrons. The number of hydrogen-bond acceptors (Lipinski definition) is 6. The summed E-state index contributed by atoms with van der Waals surface area (Å²) in [7, 11) is 0. The van der Waals surface area contributed by atoms with Gasteiger partial charge in [-0.2, -0.15) is 0 Å². The number of rotatable bonds is 10. The van der Waals surface area contributed by atoms with Crippen LogP contribution in [0.2, 0.25) is 0 Å². The average molecular weight is 432 g/mol. The number of hydrogen-bond donors (Lipinski definition) is 4. The van der Waals surface area contributed by atoms with Crippen molar-refractivity contribution in [3.8, 4) is 5.75 Å². The lowest BCUT2D eigenvalue weighted by Crippen LogP contribution is -2.29. The number of allylic oxidation sites excluding steroid dienone is 1. The number of para-hydroxylation sites is 1. The summed E-state index contributed by atoms with van der Waals surface area (Å²) in [4.78, 5) is 23.6. The smallest absolute Gasteiger partial charge is 0.412 e. The first-order chi connectivity index (χ1) is 14.9. The molecule has 0 aliphatic rings. The zero-order valence-corrected chi connectivity index (χ0v) is 17.0. The zero-order chi connectivity index (χ0) is 22.6. The van der Waals surface area contributed by atoms with Crippen molar-refractivity contribution in [1.82, 2.24) is 5.48 Å². The van der Waals surface area contributed by atoms with Crippen LogP contribution in [-0.2, 0) is 14.3 Å². The van der Waals surface area contributed by atoms with Gasteiger partial charge in [-0.25, -0.2) is 14.7 Å². The third kappa shape index (κ3) is 7.72. The van der Waals surface area contributed by atoms with Crippen LogP contribution in [0.4, 0.5) is 14.9 Å². The summed E-state index contributed by atoms with van der Waals surface area (Å²) < 4.78 is 25.3. The molecular formula is C22H25FN2O6. The van der Waals surface area contributed by atoms with Crippen molar-refractivity contribution in [2.75, 3.05) is 11.9 Å². The van der Waals surface area contributed by atoms with Crippen LogP contribution in [0, 0.1) is 5.82 Å². The van der Waals surface area contributed by atoms with E-state index in [2.05, 4.69) is 5.32 Å². The second-order valence-corrected chi connectivity index (χ2v) is 6.48. The SMILES string of the molecule is CCO[C@@H](CC/C=C/C(=O)NO)[C@@H](OC(=O)Nc1ccccc1)c1ccc(O)c(F)c1. The molecule has 31 heavy (non-hydrogen) atoms. The third-order valence-electron chi connectivity index (χ3n) is 4.27. The van der Waals surface area contributed by atoms with Gasteiger partial charge in [0.15, 0.2) is 17.7 Å². The Hall–Kier alpha value is -3.43. The van der Waals surface area contributed by atoms with Crippen LogP contribution in [0.1, 0.15) is 31.4 Å². The molecule has 2 aromatic carbocycles. The summed E-state index contributed by atoms with van der Waals surface area (Å²) >= 11 is 0. The van der Waals surface area contributed by atoms with Crippen molar-refractivity contribution in [1.29, 1.82) is 0 Å². The Kier molecular flexibility index (Phi) is 9.47. The van der Waals surface area contributed by atoms with Gasteiger partial charge in [0.05, 0.1) is 6.10 Å². The number of amides is 2. The van der Waals surface area contributed by atoms with Crippen LogP contribution in [0.25, 0.3) is 0 Å². The van der Waals surface area contributed by atoms with Crippen molar-refractivity contribution in [3.05, 3.63) is 72.1 Å². The Morgan fingerprint density at radius 2 is 1.94 bits per heavy atom. The lowest BCUT2D eigenvalue weighted by atomic mass is 9.99. The molecule has 0 bridgehead atoms. The Bertz CT molecular complexity index is 891. The van der Waals surface area contributed by atoms with E-state index >= 15 is 0 Å². The summed E-state index contributed by atoms with van der Waals surface area (Å²) in [6.07, 6.45) is 0.950. The van der Waals surface area contributed by atoms with Crippen LogP contribution in [-0.4, -0.2) is 35.0 Å². The van der Waals surface area contributed by atoms with E-state index in [9.17, 15) is 19.1 Å². The molecular weight excluding hydrogens is 407 g/mol. The van der Waals surface area contributed by atoms with E-state index in [1.807, 2.05) is 0 Å². The number of phenols is 1. The monoisotopic (exact) mass is 432 g/mol. The molecule has 0 radical (unpaired) electrons. The Balaban J connectivity index is 2.22. The Morgan fingerprint density at radius 1 is 1.19 bits per heavy atom. The first-order valence-electron chi connectivity index (χ1n) is 9.67. The maximum absolute atomic E-state index is 14.0. The predicted molar refractivity (Wildman–Crippen MR) is 111 cm³/mol. The molecule has 0 unspecified atom stereocenters. The van der Waals surface area contributed by atoms with Gasteiger partial charge in [0.25, 0.3) is 5.91 Å². The molecule has 9 heteroatoms. The Morgan fingerprint density at radius 3 is 2.58 bits per heavy atom. The molecule has 2 aromatic rings. The number of ether oxygens (including phenoxy) is 2. The summed E-state index contributed by atoms with van der Waals surface area (Å²) in [5.41, 5.74) is 2.31. The zero-order valence-electron chi connectivity index (χ0n) is 17.0. The summed E-state index contributed by atoms with van der Waals surface area (Å²) in [5, 5.41) is 20.6. The fraction of sp³-hybridized carbons (Fsp3) is 0.273. The second kappa shape index (κ2) is 12.3. The number of aromatic hydroxyl groups is 1. The van der Waals surface area contributed by atoms with Crippen molar-refractivity contribution in [2.24, 2.45) is 0 Å². The number of hydroxylamine groups is 1. The molecule has 0 spiro atoms. The Labute approximate surface area is 179 Å². The van der Waals surface area contributed by atoms with E-state index in [1.54, 1.807) is 37.3 Å². The second-order valence-electron chi connectivity index (χ2n) is 6.48. The summed E-state index contributed by atoms with van der Waals surface area (Å²) in [5.74, 6) is -2.06. The van der Waals surface area contributed by atoms with E-state index in [0.29, 0.717) is 30.7 Å². The van der Waals surface area contributed by atoms with Crippen LogP contribution < -0.4 is 10.8 Å². The highest BCUT2D eigenvalue weighted by atomic mass is 19.1. The lowest BCUT2D eigenvalue weighted by Gasteiger charge is -2.27. The van der Waals surface area contributed by atoms with Gasteiger partial charge in [-0.15, -0.1) is 0 Å². The van der Waals surface area contributed by atoms with Gasteiger partial charge in [-0.1, -0.05) is 30.3 Å². The number of anilines is 1. The number of halogens is 1. The third-order valence-corrected chi connectivity index (χ3v) is 4.27. The van der Waals surface area contributed by atoms with Gasteiger partial charge in [0.2, 0.25) is 0 Å². The normalized spacial score (nSPS) is 12.9. The van der Waals surface area contributed by atoms with E-state index in [0.717, 1.165) is 12.1 Å². The number of nitrogens with one attached hydrogen (secondary N) is 2. The number of benzene rings is 2. The van der Waals surface area contributed by atoms with E-state index in [4.69, 9.17) is 14.7 Å². The van der Waals surface area contributed by atoms with Crippen LogP contribution in [0.5, 0.6) is 5.75 Å². The molecule has 0 fully saturated rings. The highest BCUT2D eigenvalue weighted by molar-refractivity contribution is 5.86. The minimum absolute atomic E-state index is 0.298. The van der Waals surface area contributed by atoms with Gasteiger partial charge in [0, 0.05) is 18.4 Å². The molecule has 2 rings (SSSR count). The average Bonchev–Trinajstić information content (AvgIpc) is 2.77. The van der Waals surface area contributed by atoms with E-state index in [1.165, 1.54) is 23.7 Å². The molecule has 0 aliphatic heterocycles. The van der Waals surface area contributed by atoms with Crippen molar-refractivity contribution in [3.63, 3.8) is 0 Å². The molecule has 0 aromatic heterocycles. The molecule has 4 N–H and O–H groups in total. The molecule has 2 atom stereocenters. The van der Waals surface area contributed by atoms with Gasteiger partial charge in [-0.3, -0.25) is 15.3 Å². The fourth-order valence-electron chi connectivity index (χ4n) is 2.87. The number of phenolic OH excluding ortho intramolecular Hbond substituents is 1. The maximum Gasteiger partial charge on any atom is 0.412 e. The topological polar surface area (TPSA) is 117 Å². The summed E-state index contributed by atoms with van der Waals surface area (Å²) in [6, 6.07) is 12.4. The first kappa shape index (κ1) is 23.8. The quantitative estimate of drug-likeness (QED) is 0.255. The molecule has 2 amide bonds. The maximum atomic E-state index is 14.0. The van der Waals surface area contributed by atoms with Crippen molar-refractivity contribution >= 4 is 17.7 Å². The van der Waals surface area contributed by atoms with Gasteiger partial charge in [0.1, 0.15) is 0 Å². The van der Waals surface area contributed by atoms with Crippen LogP contribution in [0.3, 0.4) is 0 Å². The predicted octanol–water partition coefficient (Wildman–Crippen LogP) is 4.07. The highest BCUT2D eigenvalue weighted by Gasteiger charge is 2.28. The minimum atomic E-state index is -0.987. The van der Waals surface area contributed by atoms with Crippen molar-refractivity contribution in [2.45, 2.75) is 32.0 Å². The molecule has 0 saturated carbocycles. The first-order valence-corrected chi connectivity index (χ1v) is 9.67. The molecule has 0 heterocycles. The van der Waals surface area contributed by atoms with Crippen LogP contribution >= 0.6 is 0 Å². The standard InChI is InChI=1S/C22H25FN2O6/c1-2-30-19(10-6-7-11-20(27)25-29)21(15-12-13-18(26)17(23)14-15)31-22(28)24-16-8-4-3-5-9-16/h3-5,7-9,11-14,19,21,26,29H,2,6,10H2,1H3,(H,24,28)(H,25,27)/b11-7+/t19-,21-/m0/s1. The molecule has 8 nitrogen and oxygen atoms in total. The van der Waals surface area contributed by atoms with Gasteiger partial charge >= 0.3 is 6.09 Å². The van der Waals surface area contributed by atoms with Crippen molar-refractivity contribution < 1.29 is 33.8 Å². The largest absolute Gasteiger partial charge is 0.505 e.